The summed E-state index contributed by atoms with van der Waals surface area (Å²) in [6.45, 7) is 2.00. The molecule has 0 saturated carbocycles. The Morgan fingerprint density at radius 3 is 2.57 bits per heavy atom. The zero-order chi connectivity index (χ0) is 19.7. The molecule has 0 fully saturated rings. The first-order chi connectivity index (χ1) is 13.5. The van der Waals surface area contributed by atoms with E-state index in [1.54, 1.807) is 12.3 Å². The third kappa shape index (κ3) is 3.51. The fraction of sp³-hybridized carbons (Fsp3) is 0.0870. The molecule has 0 amide bonds. The summed E-state index contributed by atoms with van der Waals surface area (Å²) in [5, 5.41) is 17.1. The molecule has 3 nitrogen and oxygen atoms in total. The summed E-state index contributed by atoms with van der Waals surface area (Å²) >= 11 is 12.8. The first kappa shape index (κ1) is 18.6. The molecular weight excluding hydrogens is 391 g/mol. The number of benzene rings is 3. The number of hydrogen-bond acceptors (Lipinski definition) is 3. The Hall–Kier alpha value is -2.75. The number of aromatic hydroxyl groups is 1. The molecule has 0 bridgehead atoms. The van der Waals surface area contributed by atoms with Crippen LogP contribution in [0, 0.1) is 6.92 Å². The average molecular weight is 409 g/mol. The Kier molecular flexibility index (Phi) is 5.12. The Morgan fingerprint density at radius 2 is 1.75 bits per heavy atom. The van der Waals surface area contributed by atoms with Gasteiger partial charge in [0.2, 0.25) is 0 Å². The minimum absolute atomic E-state index is 0.208. The van der Waals surface area contributed by atoms with Gasteiger partial charge in [0.1, 0.15) is 11.6 Å². The molecular formula is C23H18Cl2N2O. The minimum Gasteiger partial charge on any atom is -0.507 e. The number of aryl methyl sites for hydroxylation is 1. The summed E-state index contributed by atoms with van der Waals surface area (Å²) < 4.78 is 0. The number of hydrogen-bond donors (Lipinski definition) is 2. The average Bonchev–Trinajstić information content (AvgIpc) is 2.69. The molecule has 0 saturated heterocycles. The highest BCUT2D eigenvalue weighted by Gasteiger charge is 2.23. The van der Waals surface area contributed by atoms with Crippen LogP contribution in [0.15, 0.2) is 72.9 Å². The second-order valence-corrected chi connectivity index (χ2v) is 7.45. The summed E-state index contributed by atoms with van der Waals surface area (Å²) in [5.74, 6) is 0.896. The van der Waals surface area contributed by atoms with E-state index in [0.717, 1.165) is 21.9 Å². The molecule has 0 spiro atoms. The molecule has 1 atom stereocenters. The van der Waals surface area contributed by atoms with E-state index in [4.69, 9.17) is 23.2 Å². The zero-order valence-electron chi connectivity index (χ0n) is 15.2. The van der Waals surface area contributed by atoms with Crippen molar-refractivity contribution in [3.05, 3.63) is 99.7 Å². The fourth-order valence-electron chi connectivity index (χ4n) is 3.33. The van der Waals surface area contributed by atoms with E-state index in [0.29, 0.717) is 21.4 Å². The van der Waals surface area contributed by atoms with E-state index in [2.05, 4.69) is 10.3 Å². The van der Waals surface area contributed by atoms with Gasteiger partial charge in [0.05, 0.1) is 16.1 Å². The number of fused-ring (bicyclic) bond motifs is 1. The number of phenolic OH excluding ortho intramolecular Hbond substituents is 1. The summed E-state index contributed by atoms with van der Waals surface area (Å²) in [5.41, 5.74) is 2.55. The molecule has 0 aliphatic rings. The first-order valence-corrected chi connectivity index (χ1v) is 9.64. The standard InChI is InChI=1S/C23H18Cl2N2O/c1-14-11-12-26-20(13-14)27-22(17-7-4-8-19(24)21(17)25)18-10-9-15-5-2-3-6-16(15)23(18)28/h2-13,22,28H,1H3,(H,26,27). The van der Waals surface area contributed by atoms with Gasteiger partial charge in [-0.05, 0) is 41.6 Å². The number of nitrogens with one attached hydrogen (secondary N) is 1. The number of nitrogens with zero attached hydrogens (tertiary/aromatic N) is 1. The summed E-state index contributed by atoms with van der Waals surface area (Å²) in [6.07, 6.45) is 1.74. The van der Waals surface area contributed by atoms with Crippen LogP contribution in [0.5, 0.6) is 5.75 Å². The van der Waals surface area contributed by atoms with Gasteiger partial charge in [-0.1, -0.05) is 71.7 Å². The van der Waals surface area contributed by atoms with Gasteiger partial charge in [0, 0.05) is 17.1 Å². The monoisotopic (exact) mass is 408 g/mol. The van der Waals surface area contributed by atoms with Crippen molar-refractivity contribution in [3.8, 4) is 5.75 Å². The predicted octanol–water partition coefficient (Wildman–Crippen LogP) is 6.76. The summed E-state index contributed by atoms with van der Waals surface area (Å²) in [4.78, 5) is 4.41. The van der Waals surface area contributed by atoms with Gasteiger partial charge >= 0.3 is 0 Å². The highest BCUT2D eigenvalue weighted by atomic mass is 35.5. The lowest BCUT2D eigenvalue weighted by atomic mass is 9.94. The van der Waals surface area contributed by atoms with E-state index in [-0.39, 0.29) is 5.75 Å². The maximum absolute atomic E-state index is 11.0. The molecule has 4 rings (SSSR count). The van der Waals surface area contributed by atoms with Crippen molar-refractivity contribution < 1.29 is 5.11 Å². The lowest BCUT2D eigenvalue weighted by Gasteiger charge is -2.23. The van der Waals surface area contributed by atoms with E-state index >= 15 is 0 Å². The van der Waals surface area contributed by atoms with Crippen molar-refractivity contribution in [1.29, 1.82) is 0 Å². The Labute approximate surface area is 173 Å². The third-order valence-electron chi connectivity index (χ3n) is 4.74. The molecule has 28 heavy (non-hydrogen) atoms. The number of rotatable bonds is 4. The SMILES string of the molecule is Cc1ccnc(NC(c2cccc(Cl)c2Cl)c2ccc3ccccc3c2O)c1. The number of aromatic nitrogens is 1. The van der Waals surface area contributed by atoms with Crippen LogP contribution in [0.3, 0.4) is 0 Å². The third-order valence-corrected chi connectivity index (χ3v) is 5.58. The van der Waals surface area contributed by atoms with Crippen LogP contribution in [0.25, 0.3) is 10.8 Å². The normalized spacial score (nSPS) is 12.1. The van der Waals surface area contributed by atoms with Crippen LogP contribution in [-0.4, -0.2) is 10.1 Å². The van der Waals surface area contributed by atoms with Crippen molar-refractivity contribution in [2.75, 3.05) is 5.32 Å². The van der Waals surface area contributed by atoms with Crippen molar-refractivity contribution in [2.24, 2.45) is 0 Å². The van der Waals surface area contributed by atoms with Gasteiger partial charge in [0.15, 0.2) is 0 Å². The molecule has 1 heterocycles. The molecule has 0 radical (unpaired) electrons. The van der Waals surface area contributed by atoms with E-state index < -0.39 is 6.04 Å². The molecule has 140 valence electrons. The van der Waals surface area contributed by atoms with Gasteiger partial charge in [-0.15, -0.1) is 0 Å². The molecule has 2 N–H and O–H groups in total. The highest BCUT2D eigenvalue weighted by molar-refractivity contribution is 6.42. The fourth-order valence-corrected chi connectivity index (χ4v) is 3.75. The van der Waals surface area contributed by atoms with E-state index in [9.17, 15) is 5.11 Å². The summed E-state index contributed by atoms with van der Waals surface area (Å²) in [6, 6.07) is 20.6. The molecule has 3 aromatic carbocycles. The van der Waals surface area contributed by atoms with E-state index in [1.165, 1.54) is 0 Å². The van der Waals surface area contributed by atoms with Gasteiger partial charge in [-0.2, -0.15) is 0 Å². The van der Waals surface area contributed by atoms with Crippen LogP contribution in [0.2, 0.25) is 10.0 Å². The summed E-state index contributed by atoms with van der Waals surface area (Å²) in [7, 11) is 0. The highest BCUT2D eigenvalue weighted by Crippen LogP contribution is 2.40. The van der Waals surface area contributed by atoms with Gasteiger partial charge in [-0.3, -0.25) is 0 Å². The molecule has 4 aromatic rings. The minimum atomic E-state index is -0.426. The van der Waals surface area contributed by atoms with Crippen LogP contribution in [-0.2, 0) is 0 Å². The number of anilines is 1. The maximum atomic E-state index is 11.0. The largest absolute Gasteiger partial charge is 0.507 e. The van der Waals surface area contributed by atoms with Crippen molar-refractivity contribution in [3.63, 3.8) is 0 Å². The number of pyridine rings is 1. The number of phenols is 1. The van der Waals surface area contributed by atoms with Crippen molar-refractivity contribution in [2.45, 2.75) is 13.0 Å². The van der Waals surface area contributed by atoms with Gasteiger partial charge in [-0.25, -0.2) is 4.98 Å². The lowest BCUT2D eigenvalue weighted by Crippen LogP contribution is -2.14. The van der Waals surface area contributed by atoms with Gasteiger partial charge in [0.25, 0.3) is 0 Å². The van der Waals surface area contributed by atoms with Crippen LogP contribution in [0.4, 0.5) is 5.82 Å². The maximum Gasteiger partial charge on any atom is 0.129 e. The van der Waals surface area contributed by atoms with Crippen LogP contribution < -0.4 is 5.32 Å². The second kappa shape index (κ2) is 7.70. The van der Waals surface area contributed by atoms with Gasteiger partial charge < -0.3 is 10.4 Å². The number of halogens is 2. The molecule has 0 aliphatic heterocycles. The van der Waals surface area contributed by atoms with E-state index in [1.807, 2.05) is 67.6 Å². The lowest BCUT2D eigenvalue weighted by molar-refractivity contribution is 0.473. The zero-order valence-corrected chi connectivity index (χ0v) is 16.7. The van der Waals surface area contributed by atoms with Crippen molar-refractivity contribution in [1.82, 2.24) is 4.98 Å². The molecule has 0 aliphatic carbocycles. The second-order valence-electron chi connectivity index (χ2n) is 6.66. The topological polar surface area (TPSA) is 45.2 Å². The first-order valence-electron chi connectivity index (χ1n) is 8.88. The Bertz CT molecular complexity index is 1160. The van der Waals surface area contributed by atoms with Crippen LogP contribution in [0.1, 0.15) is 22.7 Å². The Balaban J connectivity index is 1.90. The molecule has 1 unspecified atom stereocenters. The Morgan fingerprint density at radius 1 is 0.929 bits per heavy atom. The predicted molar refractivity (Wildman–Crippen MR) is 117 cm³/mol. The molecule has 5 heteroatoms. The quantitative estimate of drug-likeness (QED) is 0.392. The molecule has 1 aromatic heterocycles. The smallest absolute Gasteiger partial charge is 0.129 e. The van der Waals surface area contributed by atoms with Crippen LogP contribution >= 0.6 is 23.2 Å². The van der Waals surface area contributed by atoms with Crippen molar-refractivity contribution >= 4 is 39.8 Å².